The van der Waals surface area contributed by atoms with Crippen LogP contribution in [0, 0.1) is 5.82 Å². The van der Waals surface area contributed by atoms with Gasteiger partial charge in [0.05, 0.1) is 6.54 Å². The third kappa shape index (κ3) is 10.1. The van der Waals surface area contributed by atoms with Crippen molar-refractivity contribution >= 4 is 35.3 Å². The van der Waals surface area contributed by atoms with E-state index in [0.29, 0.717) is 41.8 Å². The lowest BCUT2D eigenvalue weighted by Gasteiger charge is -2.22. The fourth-order valence-corrected chi connectivity index (χ4v) is 4.41. The SMILES string of the molecule is CCOC(Cc1ccc(OCCN(CCCc2cc(Cl)cc(Cl)c2)C(=O)Oc2ccccc2F)cc1)C(=O)O. The van der Waals surface area contributed by atoms with Gasteiger partial charge in [0, 0.05) is 29.6 Å². The average molecular weight is 578 g/mol. The first-order chi connectivity index (χ1) is 18.7. The number of carbonyl (C=O) groups excluding carboxylic acids is 1. The Morgan fingerprint density at radius 3 is 2.31 bits per heavy atom. The second-order valence-corrected chi connectivity index (χ2v) is 9.52. The zero-order valence-corrected chi connectivity index (χ0v) is 23.0. The molecule has 208 valence electrons. The van der Waals surface area contributed by atoms with Crippen molar-refractivity contribution in [1.29, 1.82) is 0 Å². The lowest BCUT2D eigenvalue weighted by atomic mass is 10.1. The molecule has 1 amide bonds. The highest BCUT2D eigenvalue weighted by Gasteiger charge is 2.19. The quantitative estimate of drug-likeness (QED) is 0.230. The van der Waals surface area contributed by atoms with Gasteiger partial charge in [0.25, 0.3) is 0 Å². The van der Waals surface area contributed by atoms with Gasteiger partial charge in [0.2, 0.25) is 0 Å². The molecule has 0 bridgehead atoms. The molecular weight excluding hydrogens is 548 g/mol. The van der Waals surface area contributed by atoms with Crippen molar-refractivity contribution in [1.82, 2.24) is 4.90 Å². The van der Waals surface area contributed by atoms with Gasteiger partial charge in [0.1, 0.15) is 12.4 Å². The highest BCUT2D eigenvalue weighted by Crippen LogP contribution is 2.21. The summed E-state index contributed by atoms with van der Waals surface area (Å²) in [4.78, 5) is 25.7. The number of nitrogens with zero attached hydrogens (tertiary/aromatic N) is 1. The Morgan fingerprint density at radius 1 is 0.974 bits per heavy atom. The van der Waals surface area contributed by atoms with Gasteiger partial charge in [-0.15, -0.1) is 0 Å². The van der Waals surface area contributed by atoms with Gasteiger partial charge in [-0.05, 0) is 73.4 Å². The van der Waals surface area contributed by atoms with Crippen LogP contribution in [0.3, 0.4) is 0 Å². The van der Waals surface area contributed by atoms with E-state index in [4.69, 9.17) is 37.4 Å². The predicted molar refractivity (Wildman–Crippen MR) is 147 cm³/mol. The van der Waals surface area contributed by atoms with Crippen LogP contribution in [0.2, 0.25) is 10.0 Å². The molecule has 0 radical (unpaired) electrons. The van der Waals surface area contributed by atoms with Crippen LogP contribution in [0.25, 0.3) is 0 Å². The van der Waals surface area contributed by atoms with E-state index in [2.05, 4.69) is 0 Å². The lowest BCUT2D eigenvalue weighted by molar-refractivity contribution is -0.149. The monoisotopic (exact) mass is 577 g/mol. The number of hydrogen-bond acceptors (Lipinski definition) is 5. The van der Waals surface area contributed by atoms with Crippen molar-refractivity contribution in [2.45, 2.75) is 32.3 Å². The summed E-state index contributed by atoms with van der Waals surface area (Å²) >= 11 is 12.2. The van der Waals surface area contributed by atoms with E-state index < -0.39 is 24.0 Å². The zero-order chi connectivity index (χ0) is 28.2. The standard InChI is InChI=1S/C29H30Cl2FNO6/c1-2-37-27(28(34)35)18-20-9-11-24(12-10-20)38-15-14-33(29(36)39-26-8-4-3-7-25(26)32)13-5-6-21-16-22(30)19-23(31)17-21/h3-4,7-12,16-17,19,27H,2,5-6,13-15,18H2,1H3,(H,34,35). The first kappa shape index (κ1) is 30.2. The number of aliphatic carboxylic acids is 1. The summed E-state index contributed by atoms with van der Waals surface area (Å²) in [5.41, 5.74) is 1.72. The maximum atomic E-state index is 14.0. The van der Waals surface area contributed by atoms with Gasteiger partial charge in [-0.2, -0.15) is 0 Å². The molecule has 10 heteroatoms. The van der Waals surface area contributed by atoms with E-state index in [1.807, 2.05) is 12.1 Å². The highest BCUT2D eigenvalue weighted by molar-refractivity contribution is 6.34. The van der Waals surface area contributed by atoms with Crippen molar-refractivity contribution < 1.29 is 33.3 Å². The highest BCUT2D eigenvalue weighted by atomic mass is 35.5. The number of carbonyl (C=O) groups is 2. The van der Waals surface area contributed by atoms with Crippen molar-refractivity contribution in [2.24, 2.45) is 0 Å². The average Bonchev–Trinajstić information content (AvgIpc) is 2.89. The molecule has 0 fully saturated rings. The Labute approximate surface area is 237 Å². The van der Waals surface area contributed by atoms with E-state index in [1.165, 1.54) is 23.1 Å². The summed E-state index contributed by atoms with van der Waals surface area (Å²) in [7, 11) is 0. The molecule has 1 N–H and O–H groups in total. The number of carboxylic acids is 1. The summed E-state index contributed by atoms with van der Waals surface area (Å²) in [6.07, 6.45) is -0.178. The summed E-state index contributed by atoms with van der Waals surface area (Å²) in [6.45, 7) is 2.73. The first-order valence-corrected chi connectivity index (χ1v) is 13.2. The maximum absolute atomic E-state index is 14.0. The van der Waals surface area contributed by atoms with Gasteiger partial charge in [0.15, 0.2) is 17.7 Å². The second kappa shape index (κ2) is 15.3. The molecule has 0 spiro atoms. The molecule has 0 saturated carbocycles. The number of benzene rings is 3. The van der Waals surface area contributed by atoms with E-state index >= 15 is 0 Å². The number of para-hydroxylation sites is 1. The zero-order valence-electron chi connectivity index (χ0n) is 21.4. The summed E-state index contributed by atoms with van der Waals surface area (Å²) in [5, 5.41) is 10.3. The number of carboxylic acid groups (broad SMARTS) is 1. The second-order valence-electron chi connectivity index (χ2n) is 8.65. The Bertz CT molecular complexity index is 1220. The lowest BCUT2D eigenvalue weighted by Crippen LogP contribution is -2.37. The molecule has 0 aliphatic heterocycles. The van der Waals surface area contributed by atoms with Crippen molar-refractivity contribution in [2.75, 3.05) is 26.3 Å². The fraction of sp³-hybridized carbons (Fsp3) is 0.310. The molecule has 3 aromatic carbocycles. The van der Waals surface area contributed by atoms with Gasteiger partial charge in [-0.25, -0.2) is 14.0 Å². The van der Waals surface area contributed by atoms with Crippen molar-refractivity contribution in [3.05, 3.63) is 93.7 Å². The summed E-state index contributed by atoms with van der Waals surface area (Å²) in [5.74, 6) is -1.25. The van der Waals surface area contributed by atoms with Crippen LogP contribution in [-0.4, -0.2) is 54.5 Å². The number of amides is 1. The Kier molecular flexibility index (Phi) is 11.9. The molecule has 1 unspecified atom stereocenters. The molecule has 3 aromatic rings. The third-order valence-electron chi connectivity index (χ3n) is 5.73. The number of aryl methyl sites for hydroxylation is 1. The Balaban J connectivity index is 1.59. The van der Waals surface area contributed by atoms with Crippen LogP contribution in [0.5, 0.6) is 11.5 Å². The van der Waals surface area contributed by atoms with Crippen LogP contribution in [0.15, 0.2) is 66.7 Å². The van der Waals surface area contributed by atoms with Crippen LogP contribution in [0.1, 0.15) is 24.5 Å². The minimum atomic E-state index is -1.02. The van der Waals surface area contributed by atoms with E-state index in [-0.39, 0.29) is 25.3 Å². The fourth-order valence-electron chi connectivity index (χ4n) is 3.84. The van der Waals surface area contributed by atoms with Crippen LogP contribution >= 0.6 is 23.2 Å². The first-order valence-electron chi connectivity index (χ1n) is 12.5. The smallest absolute Gasteiger partial charge is 0.415 e. The van der Waals surface area contributed by atoms with Gasteiger partial charge in [-0.1, -0.05) is 47.5 Å². The van der Waals surface area contributed by atoms with Gasteiger partial charge < -0.3 is 24.2 Å². The van der Waals surface area contributed by atoms with E-state index in [9.17, 15) is 19.1 Å². The minimum Gasteiger partial charge on any atom is -0.492 e. The minimum absolute atomic E-state index is 0.155. The molecule has 0 aliphatic rings. The summed E-state index contributed by atoms with van der Waals surface area (Å²) < 4.78 is 30.4. The van der Waals surface area contributed by atoms with E-state index in [1.54, 1.807) is 43.3 Å². The van der Waals surface area contributed by atoms with Crippen LogP contribution < -0.4 is 9.47 Å². The molecule has 3 rings (SSSR count). The molecular formula is C29H30Cl2FNO6. The molecule has 0 aromatic heterocycles. The summed E-state index contributed by atoms with van der Waals surface area (Å²) in [6, 6.07) is 18.0. The Hall–Kier alpha value is -3.33. The molecule has 0 saturated heterocycles. The van der Waals surface area contributed by atoms with Gasteiger partial charge >= 0.3 is 12.1 Å². The molecule has 0 heterocycles. The molecule has 0 aliphatic carbocycles. The van der Waals surface area contributed by atoms with Crippen LogP contribution in [-0.2, 0) is 22.4 Å². The molecule has 39 heavy (non-hydrogen) atoms. The number of ether oxygens (including phenoxy) is 3. The van der Waals surface area contributed by atoms with E-state index in [0.717, 1.165) is 11.1 Å². The molecule has 1 atom stereocenters. The van der Waals surface area contributed by atoms with Crippen molar-refractivity contribution in [3.63, 3.8) is 0 Å². The normalized spacial score (nSPS) is 11.6. The van der Waals surface area contributed by atoms with Gasteiger partial charge in [-0.3, -0.25) is 0 Å². The topological polar surface area (TPSA) is 85.3 Å². The molecule has 7 nitrogen and oxygen atoms in total. The third-order valence-corrected chi connectivity index (χ3v) is 6.16. The van der Waals surface area contributed by atoms with Crippen molar-refractivity contribution in [3.8, 4) is 11.5 Å². The largest absolute Gasteiger partial charge is 0.492 e. The van der Waals surface area contributed by atoms with Crippen LogP contribution in [0.4, 0.5) is 9.18 Å². The Morgan fingerprint density at radius 2 is 1.67 bits per heavy atom. The number of hydrogen-bond donors (Lipinski definition) is 1. The number of rotatable bonds is 14. The predicted octanol–water partition coefficient (Wildman–Crippen LogP) is 6.68. The maximum Gasteiger partial charge on any atom is 0.415 e. The number of halogens is 3.